The quantitative estimate of drug-likeness (QED) is 0.454. The molecule has 2 unspecified atom stereocenters. The van der Waals surface area contributed by atoms with Crippen molar-refractivity contribution < 1.29 is 23.9 Å². The van der Waals surface area contributed by atoms with Gasteiger partial charge in [0.05, 0.1) is 6.54 Å². The Kier molecular flexibility index (Phi) is 9.93. The van der Waals surface area contributed by atoms with Crippen LogP contribution < -0.4 is 11.1 Å². The van der Waals surface area contributed by atoms with Crippen LogP contribution in [0.25, 0.3) is 0 Å². The van der Waals surface area contributed by atoms with Crippen LogP contribution >= 0.6 is 0 Å². The molecule has 2 aliphatic rings. The molecule has 0 aromatic carbocycles. The standard InChI is InChI=1S/C18H30N4O5.C5H8/c1-11(2)15(24)21(6)10-12(20-17(26)27-18(3,4)5)16(25)22-9-7-8-13(22)14(19)23;1-2-5-3-4-5/h12-13H,1,7-10H2,2-6H3,(H2,19,23)(H,20,26);2,5H,1,3-4H2. The number of rotatable bonds is 7. The van der Waals surface area contributed by atoms with Gasteiger partial charge in [-0.2, -0.15) is 0 Å². The van der Waals surface area contributed by atoms with E-state index in [0.717, 1.165) is 5.92 Å². The molecule has 0 spiro atoms. The SMILES string of the molecule is C=C(C)C(=O)N(C)CC(NC(=O)OC(C)(C)C)C(=O)N1CCCC1C(N)=O.C=CC1CC1. The molecule has 1 saturated heterocycles. The summed E-state index contributed by atoms with van der Waals surface area (Å²) in [5.41, 5.74) is 4.93. The Labute approximate surface area is 191 Å². The third-order valence-electron chi connectivity index (χ3n) is 4.98. The number of likely N-dealkylation sites (N-methyl/N-ethyl adjacent to an activating group) is 1. The predicted molar refractivity (Wildman–Crippen MR) is 122 cm³/mol. The second-order valence-electron chi connectivity index (χ2n) is 9.33. The van der Waals surface area contributed by atoms with E-state index in [0.29, 0.717) is 25.0 Å². The largest absolute Gasteiger partial charge is 0.444 e. The van der Waals surface area contributed by atoms with Gasteiger partial charge in [0.15, 0.2) is 0 Å². The van der Waals surface area contributed by atoms with Gasteiger partial charge in [-0.15, -0.1) is 6.58 Å². The van der Waals surface area contributed by atoms with Gasteiger partial charge in [0.1, 0.15) is 17.7 Å². The molecule has 1 aliphatic carbocycles. The molecular weight excluding hydrogens is 412 g/mol. The zero-order valence-electron chi connectivity index (χ0n) is 20.0. The first-order chi connectivity index (χ1) is 14.8. The molecule has 9 nitrogen and oxygen atoms in total. The van der Waals surface area contributed by atoms with Crippen LogP contribution in [0.1, 0.15) is 53.4 Å². The number of amides is 4. The Morgan fingerprint density at radius 3 is 2.25 bits per heavy atom. The van der Waals surface area contributed by atoms with Crippen molar-refractivity contribution >= 4 is 23.8 Å². The minimum Gasteiger partial charge on any atom is -0.444 e. The number of allylic oxidation sites excluding steroid dienone is 1. The Bertz CT molecular complexity index is 739. The van der Waals surface area contributed by atoms with Crippen molar-refractivity contribution in [1.82, 2.24) is 15.1 Å². The van der Waals surface area contributed by atoms with Crippen LogP contribution in [0.2, 0.25) is 0 Å². The summed E-state index contributed by atoms with van der Waals surface area (Å²) in [6, 6.07) is -1.80. The summed E-state index contributed by atoms with van der Waals surface area (Å²) < 4.78 is 5.21. The van der Waals surface area contributed by atoms with E-state index in [4.69, 9.17) is 10.5 Å². The molecule has 3 N–H and O–H groups in total. The highest BCUT2D eigenvalue weighted by molar-refractivity contribution is 5.94. The number of carbonyl (C=O) groups excluding carboxylic acids is 4. The lowest BCUT2D eigenvalue weighted by Crippen LogP contribution is -2.57. The van der Waals surface area contributed by atoms with Crippen molar-refractivity contribution in [3.8, 4) is 0 Å². The second kappa shape index (κ2) is 11.7. The number of carbonyl (C=O) groups is 4. The van der Waals surface area contributed by atoms with Crippen LogP contribution in [0.15, 0.2) is 24.8 Å². The summed E-state index contributed by atoms with van der Waals surface area (Å²) >= 11 is 0. The van der Waals surface area contributed by atoms with E-state index in [2.05, 4.69) is 18.5 Å². The normalized spacial score (nSPS) is 18.5. The zero-order chi connectivity index (χ0) is 24.6. The van der Waals surface area contributed by atoms with Crippen molar-refractivity contribution in [2.24, 2.45) is 11.7 Å². The van der Waals surface area contributed by atoms with Gasteiger partial charge in [-0.1, -0.05) is 12.7 Å². The number of likely N-dealkylation sites (tertiary alicyclic amines) is 1. The Balaban J connectivity index is 0.000000894. The summed E-state index contributed by atoms with van der Waals surface area (Å²) in [5, 5.41) is 2.51. The molecule has 1 aliphatic heterocycles. The van der Waals surface area contributed by atoms with Gasteiger partial charge < -0.3 is 25.6 Å². The number of alkyl carbamates (subject to hydrolysis) is 1. The van der Waals surface area contributed by atoms with E-state index in [-0.39, 0.29) is 12.5 Å². The number of nitrogens with zero attached hydrogens (tertiary/aromatic N) is 2. The van der Waals surface area contributed by atoms with Crippen molar-refractivity contribution in [3.63, 3.8) is 0 Å². The number of ether oxygens (including phenoxy) is 1. The Morgan fingerprint density at radius 2 is 1.84 bits per heavy atom. The molecule has 180 valence electrons. The molecule has 0 aromatic heterocycles. The van der Waals surface area contributed by atoms with Gasteiger partial charge >= 0.3 is 6.09 Å². The molecule has 4 amide bonds. The average molecular weight is 451 g/mol. The number of hydrogen-bond acceptors (Lipinski definition) is 5. The molecule has 9 heteroatoms. The maximum atomic E-state index is 13.0. The lowest BCUT2D eigenvalue weighted by atomic mass is 10.1. The van der Waals surface area contributed by atoms with Crippen molar-refractivity contribution in [2.45, 2.75) is 71.1 Å². The molecule has 1 saturated carbocycles. The van der Waals surface area contributed by atoms with Gasteiger partial charge in [0.2, 0.25) is 17.7 Å². The van der Waals surface area contributed by atoms with Gasteiger partial charge in [0, 0.05) is 19.2 Å². The summed E-state index contributed by atoms with van der Waals surface area (Å²) in [6.07, 6.45) is 5.14. The van der Waals surface area contributed by atoms with Crippen molar-refractivity contribution in [3.05, 3.63) is 24.8 Å². The minimum absolute atomic E-state index is 0.0915. The highest BCUT2D eigenvalue weighted by Crippen LogP contribution is 2.29. The first-order valence-corrected chi connectivity index (χ1v) is 10.9. The lowest BCUT2D eigenvalue weighted by molar-refractivity contribution is -0.140. The van der Waals surface area contributed by atoms with Crippen molar-refractivity contribution in [2.75, 3.05) is 20.1 Å². The predicted octanol–water partition coefficient (Wildman–Crippen LogP) is 1.97. The molecule has 2 rings (SSSR count). The fourth-order valence-electron chi connectivity index (χ4n) is 3.18. The van der Waals surface area contributed by atoms with Gasteiger partial charge in [-0.25, -0.2) is 4.79 Å². The zero-order valence-corrected chi connectivity index (χ0v) is 20.0. The molecule has 0 radical (unpaired) electrons. The first-order valence-electron chi connectivity index (χ1n) is 10.9. The van der Waals surface area contributed by atoms with Crippen LogP contribution in [0.3, 0.4) is 0 Å². The lowest BCUT2D eigenvalue weighted by Gasteiger charge is -2.31. The highest BCUT2D eigenvalue weighted by atomic mass is 16.6. The maximum Gasteiger partial charge on any atom is 0.408 e. The summed E-state index contributed by atoms with van der Waals surface area (Å²) in [5.74, 6) is -0.534. The highest BCUT2D eigenvalue weighted by Gasteiger charge is 2.38. The Hall–Kier alpha value is -2.84. The van der Waals surface area contributed by atoms with Crippen LogP contribution in [-0.2, 0) is 19.1 Å². The maximum absolute atomic E-state index is 13.0. The minimum atomic E-state index is -1.08. The van der Waals surface area contributed by atoms with Gasteiger partial charge in [-0.3, -0.25) is 14.4 Å². The van der Waals surface area contributed by atoms with Crippen LogP contribution in [0.4, 0.5) is 4.79 Å². The molecule has 1 heterocycles. The van der Waals surface area contributed by atoms with E-state index < -0.39 is 35.6 Å². The molecule has 32 heavy (non-hydrogen) atoms. The fraction of sp³-hybridized carbons (Fsp3) is 0.652. The first kappa shape index (κ1) is 27.2. The summed E-state index contributed by atoms with van der Waals surface area (Å²) in [4.78, 5) is 51.5. The van der Waals surface area contributed by atoms with Gasteiger partial charge in [0.25, 0.3) is 0 Å². The summed E-state index contributed by atoms with van der Waals surface area (Å²) in [6.45, 7) is 14.1. The topological polar surface area (TPSA) is 122 Å². The van der Waals surface area contributed by atoms with E-state index in [1.807, 2.05) is 6.08 Å². The molecule has 2 atom stereocenters. The second-order valence-corrected chi connectivity index (χ2v) is 9.33. The molecular formula is C23H38N4O5. The number of primary amides is 1. The molecule has 0 aromatic rings. The van der Waals surface area contributed by atoms with E-state index in [1.54, 1.807) is 27.7 Å². The van der Waals surface area contributed by atoms with Crippen LogP contribution in [0.5, 0.6) is 0 Å². The van der Waals surface area contributed by atoms with E-state index in [1.165, 1.54) is 29.7 Å². The van der Waals surface area contributed by atoms with E-state index >= 15 is 0 Å². The molecule has 0 bridgehead atoms. The smallest absolute Gasteiger partial charge is 0.408 e. The average Bonchev–Trinajstić information content (AvgIpc) is 3.39. The summed E-state index contributed by atoms with van der Waals surface area (Å²) in [7, 11) is 1.50. The number of nitrogens with one attached hydrogen (secondary N) is 1. The monoisotopic (exact) mass is 450 g/mol. The van der Waals surface area contributed by atoms with E-state index in [9.17, 15) is 19.2 Å². The van der Waals surface area contributed by atoms with Crippen LogP contribution in [-0.4, -0.2) is 71.4 Å². The third kappa shape index (κ3) is 9.11. The molecule has 2 fully saturated rings. The van der Waals surface area contributed by atoms with Gasteiger partial charge in [-0.05, 0) is 59.3 Å². The Morgan fingerprint density at radius 1 is 1.25 bits per heavy atom. The van der Waals surface area contributed by atoms with Crippen molar-refractivity contribution in [1.29, 1.82) is 0 Å². The third-order valence-corrected chi connectivity index (χ3v) is 4.98. The van der Waals surface area contributed by atoms with Crippen LogP contribution in [0, 0.1) is 5.92 Å². The number of hydrogen-bond donors (Lipinski definition) is 2. The number of nitrogens with two attached hydrogens (primary N) is 1. The fourth-order valence-corrected chi connectivity index (χ4v) is 3.18.